The number of hydrogen-bond acceptors (Lipinski definition) is 1. The Kier molecular flexibility index (Phi) is 4.59. The van der Waals surface area contributed by atoms with Crippen LogP contribution in [0.25, 0.3) is 0 Å². The molecule has 1 fully saturated rings. The molecule has 0 saturated heterocycles. The lowest BCUT2D eigenvalue weighted by Crippen LogP contribution is -2.35. The molecule has 1 heterocycles. The Morgan fingerprint density at radius 1 is 1.33 bits per heavy atom. The van der Waals surface area contributed by atoms with Crippen LogP contribution < -0.4 is 0 Å². The van der Waals surface area contributed by atoms with Crippen molar-refractivity contribution >= 4 is 27.3 Å². The van der Waals surface area contributed by atoms with E-state index in [0.717, 1.165) is 11.2 Å². The van der Waals surface area contributed by atoms with Gasteiger partial charge in [0.2, 0.25) is 0 Å². The number of thiophene rings is 1. The van der Waals surface area contributed by atoms with Crippen molar-refractivity contribution in [1.29, 1.82) is 0 Å². The van der Waals surface area contributed by atoms with Gasteiger partial charge in [-0.25, -0.2) is 0 Å². The molecule has 0 nitrogen and oxygen atoms in total. The van der Waals surface area contributed by atoms with Crippen molar-refractivity contribution in [2.75, 3.05) is 5.33 Å². The van der Waals surface area contributed by atoms with Gasteiger partial charge in [0.25, 0.3) is 0 Å². The molecular weight excluding hydrogens is 304 g/mol. The number of alkyl halides is 1. The molecule has 0 spiro atoms. The van der Waals surface area contributed by atoms with Gasteiger partial charge in [0.15, 0.2) is 0 Å². The van der Waals surface area contributed by atoms with E-state index in [4.69, 9.17) is 0 Å². The van der Waals surface area contributed by atoms with Gasteiger partial charge in [-0.2, -0.15) is 11.3 Å². The second kappa shape index (κ2) is 5.66. The average molecular weight is 329 g/mol. The summed E-state index contributed by atoms with van der Waals surface area (Å²) in [7, 11) is 0. The van der Waals surface area contributed by atoms with Gasteiger partial charge in [-0.15, -0.1) is 0 Å². The predicted octanol–water partition coefficient (Wildman–Crippen LogP) is 5.91. The van der Waals surface area contributed by atoms with E-state index < -0.39 is 0 Å². The Hall–Kier alpha value is 0.180. The second-order valence-corrected chi connectivity index (χ2v) is 8.42. The average Bonchev–Trinajstić information content (AvgIpc) is 2.81. The lowest BCUT2D eigenvalue weighted by molar-refractivity contribution is 0.103. The molecule has 0 bridgehead atoms. The van der Waals surface area contributed by atoms with E-state index in [-0.39, 0.29) is 0 Å². The number of rotatable bonds is 3. The topological polar surface area (TPSA) is 0 Å². The Bertz CT molecular complexity index is 353. The highest BCUT2D eigenvalue weighted by Crippen LogP contribution is 2.47. The van der Waals surface area contributed by atoms with Crippen LogP contribution in [0.3, 0.4) is 0 Å². The van der Waals surface area contributed by atoms with Gasteiger partial charge in [-0.05, 0) is 71.2 Å². The van der Waals surface area contributed by atoms with E-state index in [2.05, 4.69) is 53.5 Å². The Morgan fingerprint density at radius 2 is 2.00 bits per heavy atom. The first-order valence-electron chi connectivity index (χ1n) is 7.02. The smallest absolute Gasteiger partial charge is 0.00911 e. The zero-order chi connectivity index (χ0) is 13.2. The highest BCUT2D eigenvalue weighted by atomic mass is 79.9. The molecule has 0 N–H and O–H groups in total. The van der Waals surface area contributed by atoms with E-state index in [0.29, 0.717) is 10.8 Å². The second-order valence-electron chi connectivity index (χ2n) is 7.08. The molecule has 1 aromatic heterocycles. The summed E-state index contributed by atoms with van der Waals surface area (Å²) in [6, 6.07) is 2.30. The molecule has 2 rings (SSSR count). The molecule has 1 aliphatic rings. The van der Waals surface area contributed by atoms with Crippen molar-refractivity contribution < 1.29 is 0 Å². The van der Waals surface area contributed by atoms with Gasteiger partial charge in [0, 0.05) is 5.33 Å². The van der Waals surface area contributed by atoms with Crippen LogP contribution in [0.4, 0.5) is 0 Å². The van der Waals surface area contributed by atoms with Crippen LogP contribution in [0.5, 0.6) is 0 Å². The summed E-state index contributed by atoms with van der Waals surface area (Å²) >= 11 is 5.61. The van der Waals surface area contributed by atoms with Gasteiger partial charge in [-0.1, -0.05) is 36.7 Å². The summed E-state index contributed by atoms with van der Waals surface area (Å²) in [5.41, 5.74) is 2.54. The fourth-order valence-corrected chi connectivity index (χ4v) is 4.71. The lowest BCUT2D eigenvalue weighted by atomic mass is 9.63. The standard InChI is InChI=1S/C16H25BrS/c1-15(2,3)14-4-7-16(12-17,8-5-14)10-13-6-9-18-11-13/h6,9,11,14H,4-5,7-8,10,12H2,1-3H3. The largest absolute Gasteiger partial charge is 0.152 e. The van der Waals surface area contributed by atoms with Gasteiger partial charge < -0.3 is 0 Å². The molecule has 18 heavy (non-hydrogen) atoms. The minimum absolute atomic E-state index is 0.487. The summed E-state index contributed by atoms with van der Waals surface area (Å²) in [6.07, 6.45) is 6.84. The summed E-state index contributed by atoms with van der Waals surface area (Å²) in [5, 5.41) is 5.69. The normalized spacial score (nSPS) is 29.4. The van der Waals surface area contributed by atoms with E-state index >= 15 is 0 Å². The molecule has 2 heteroatoms. The monoisotopic (exact) mass is 328 g/mol. The first kappa shape index (κ1) is 14.6. The van der Waals surface area contributed by atoms with Gasteiger partial charge in [0.1, 0.15) is 0 Å². The van der Waals surface area contributed by atoms with Crippen LogP contribution in [0, 0.1) is 16.7 Å². The van der Waals surface area contributed by atoms with Crippen molar-refractivity contribution in [3.63, 3.8) is 0 Å². The molecule has 0 aromatic carbocycles. The Morgan fingerprint density at radius 3 is 2.44 bits per heavy atom. The number of halogens is 1. The molecule has 1 aromatic rings. The maximum absolute atomic E-state index is 3.79. The summed E-state index contributed by atoms with van der Waals surface area (Å²) in [5.74, 6) is 0.909. The highest BCUT2D eigenvalue weighted by molar-refractivity contribution is 9.09. The van der Waals surface area contributed by atoms with E-state index in [1.54, 1.807) is 0 Å². The van der Waals surface area contributed by atoms with Crippen LogP contribution in [-0.4, -0.2) is 5.33 Å². The minimum atomic E-state index is 0.487. The third kappa shape index (κ3) is 3.39. The predicted molar refractivity (Wildman–Crippen MR) is 85.7 cm³/mol. The van der Waals surface area contributed by atoms with Gasteiger partial charge in [-0.3, -0.25) is 0 Å². The van der Waals surface area contributed by atoms with Crippen LogP contribution in [-0.2, 0) is 6.42 Å². The van der Waals surface area contributed by atoms with Crippen molar-refractivity contribution in [1.82, 2.24) is 0 Å². The van der Waals surface area contributed by atoms with Crippen LogP contribution in [0.2, 0.25) is 0 Å². The molecule has 0 radical (unpaired) electrons. The molecular formula is C16H25BrS. The van der Waals surface area contributed by atoms with Crippen molar-refractivity contribution in [2.24, 2.45) is 16.7 Å². The molecule has 0 atom stereocenters. The molecule has 102 valence electrons. The number of hydrogen-bond donors (Lipinski definition) is 0. The maximum Gasteiger partial charge on any atom is 0.00911 e. The molecule has 0 aliphatic heterocycles. The van der Waals surface area contributed by atoms with Gasteiger partial charge >= 0.3 is 0 Å². The van der Waals surface area contributed by atoms with E-state index in [1.807, 2.05) is 11.3 Å². The third-order valence-electron chi connectivity index (χ3n) is 4.71. The minimum Gasteiger partial charge on any atom is -0.152 e. The fourth-order valence-electron chi connectivity index (χ4n) is 3.28. The molecule has 1 saturated carbocycles. The van der Waals surface area contributed by atoms with Crippen LogP contribution in [0.1, 0.15) is 52.0 Å². The summed E-state index contributed by atoms with van der Waals surface area (Å²) in [4.78, 5) is 0. The quantitative estimate of drug-likeness (QED) is 0.605. The third-order valence-corrected chi connectivity index (χ3v) is 6.64. The molecule has 0 amide bonds. The van der Waals surface area contributed by atoms with E-state index in [9.17, 15) is 0 Å². The fraction of sp³-hybridized carbons (Fsp3) is 0.750. The maximum atomic E-state index is 3.79. The summed E-state index contributed by atoms with van der Waals surface area (Å²) in [6.45, 7) is 7.20. The van der Waals surface area contributed by atoms with Crippen LogP contribution >= 0.6 is 27.3 Å². The molecule has 0 unspecified atom stereocenters. The van der Waals surface area contributed by atoms with Crippen molar-refractivity contribution in [3.8, 4) is 0 Å². The zero-order valence-corrected chi connectivity index (χ0v) is 14.2. The zero-order valence-electron chi connectivity index (χ0n) is 11.8. The molecule has 1 aliphatic carbocycles. The first-order chi connectivity index (χ1) is 8.45. The van der Waals surface area contributed by atoms with E-state index in [1.165, 1.54) is 37.7 Å². The van der Waals surface area contributed by atoms with Crippen LogP contribution in [0.15, 0.2) is 16.8 Å². The SMILES string of the molecule is CC(C)(C)C1CCC(CBr)(Cc2ccsc2)CC1. The highest BCUT2D eigenvalue weighted by Gasteiger charge is 2.38. The lowest BCUT2D eigenvalue weighted by Gasteiger charge is -2.43. The van der Waals surface area contributed by atoms with Crippen molar-refractivity contribution in [3.05, 3.63) is 22.4 Å². The first-order valence-corrected chi connectivity index (χ1v) is 9.09. The van der Waals surface area contributed by atoms with Gasteiger partial charge in [0.05, 0.1) is 0 Å². The Labute approximate surface area is 124 Å². The summed E-state index contributed by atoms with van der Waals surface area (Å²) < 4.78 is 0. The van der Waals surface area contributed by atoms with Crippen molar-refractivity contribution in [2.45, 2.75) is 52.9 Å². The Balaban J connectivity index is 2.00.